The highest BCUT2D eigenvalue weighted by Gasteiger charge is 2.24. The Morgan fingerprint density at radius 3 is 2.67 bits per heavy atom. The molecule has 2 aromatic heterocycles. The van der Waals surface area contributed by atoms with Gasteiger partial charge in [-0.2, -0.15) is 10.2 Å². The molecule has 3 rings (SSSR count). The summed E-state index contributed by atoms with van der Waals surface area (Å²) in [6, 6.07) is 4.12. The number of likely N-dealkylation sites (tertiary alicyclic amines) is 1. The van der Waals surface area contributed by atoms with E-state index in [1.807, 2.05) is 42.6 Å². The van der Waals surface area contributed by atoms with E-state index in [2.05, 4.69) is 20.6 Å². The molecule has 0 saturated carbocycles. The van der Waals surface area contributed by atoms with Crippen molar-refractivity contribution in [2.45, 2.75) is 39.2 Å². The van der Waals surface area contributed by atoms with Crippen LogP contribution in [0.4, 0.5) is 5.82 Å². The lowest BCUT2D eigenvalue weighted by Gasteiger charge is -2.32. The van der Waals surface area contributed by atoms with Crippen molar-refractivity contribution in [1.29, 1.82) is 0 Å². The van der Waals surface area contributed by atoms with Crippen molar-refractivity contribution in [2.24, 2.45) is 7.05 Å². The lowest BCUT2D eigenvalue weighted by molar-refractivity contribution is -0.131. The van der Waals surface area contributed by atoms with Gasteiger partial charge in [-0.3, -0.25) is 9.48 Å². The van der Waals surface area contributed by atoms with E-state index < -0.39 is 0 Å². The first-order chi connectivity index (χ1) is 11.5. The number of nitrogens with zero attached hydrogens (tertiary/aromatic N) is 5. The standard InChI is InChI=1S/C17H24N6O/c1-12-15(13(2)22(3)21-12)11-17(24)23-9-6-14(7-10-23)19-16-5-4-8-18-20-16/h4-5,8,14H,6-7,9-11H2,1-3H3,(H,19,20). The van der Waals surface area contributed by atoms with Gasteiger partial charge in [0, 0.05) is 43.6 Å². The van der Waals surface area contributed by atoms with E-state index in [-0.39, 0.29) is 5.91 Å². The summed E-state index contributed by atoms with van der Waals surface area (Å²) in [7, 11) is 1.92. The SMILES string of the molecule is Cc1nn(C)c(C)c1CC(=O)N1CCC(Nc2cccnn2)CC1. The quantitative estimate of drug-likeness (QED) is 0.920. The van der Waals surface area contributed by atoms with Crippen LogP contribution in [0.5, 0.6) is 0 Å². The van der Waals surface area contributed by atoms with E-state index in [1.165, 1.54) is 0 Å². The number of carbonyl (C=O) groups is 1. The predicted octanol–water partition coefficient (Wildman–Crippen LogP) is 1.47. The number of piperidine rings is 1. The smallest absolute Gasteiger partial charge is 0.227 e. The van der Waals surface area contributed by atoms with Gasteiger partial charge in [0.15, 0.2) is 0 Å². The van der Waals surface area contributed by atoms with Gasteiger partial charge in [-0.1, -0.05) is 0 Å². The molecule has 0 aliphatic carbocycles. The molecule has 1 aliphatic rings. The molecule has 7 nitrogen and oxygen atoms in total. The third-order valence-corrected chi connectivity index (χ3v) is 4.76. The normalized spacial score (nSPS) is 15.5. The molecule has 0 atom stereocenters. The zero-order valence-corrected chi connectivity index (χ0v) is 14.5. The first-order valence-corrected chi connectivity index (χ1v) is 8.35. The van der Waals surface area contributed by atoms with E-state index in [9.17, 15) is 4.79 Å². The number of hydrogen-bond donors (Lipinski definition) is 1. The minimum absolute atomic E-state index is 0.187. The zero-order chi connectivity index (χ0) is 17.1. The van der Waals surface area contributed by atoms with E-state index in [1.54, 1.807) is 6.20 Å². The maximum Gasteiger partial charge on any atom is 0.227 e. The van der Waals surface area contributed by atoms with Gasteiger partial charge in [0.2, 0.25) is 5.91 Å². The van der Waals surface area contributed by atoms with Crippen LogP contribution in [-0.4, -0.2) is 49.9 Å². The predicted molar refractivity (Wildman–Crippen MR) is 91.6 cm³/mol. The van der Waals surface area contributed by atoms with Crippen LogP contribution in [0.3, 0.4) is 0 Å². The molecule has 0 spiro atoms. The van der Waals surface area contributed by atoms with Gasteiger partial charge in [-0.15, -0.1) is 5.10 Å². The van der Waals surface area contributed by atoms with Gasteiger partial charge >= 0.3 is 0 Å². The summed E-state index contributed by atoms with van der Waals surface area (Å²) >= 11 is 0. The second kappa shape index (κ2) is 6.98. The highest BCUT2D eigenvalue weighted by atomic mass is 16.2. The molecule has 1 fully saturated rings. The average Bonchev–Trinajstić information content (AvgIpc) is 2.83. The number of carbonyl (C=O) groups excluding carboxylic acids is 1. The fourth-order valence-electron chi connectivity index (χ4n) is 3.20. The molecule has 0 unspecified atom stereocenters. The lowest BCUT2D eigenvalue weighted by Crippen LogP contribution is -2.43. The van der Waals surface area contributed by atoms with Crippen LogP contribution in [0.2, 0.25) is 0 Å². The number of aromatic nitrogens is 4. The van der Waals surface area contributed by atoms with Gasteiger partial charge in [-0.05, 0) is 38.8 Å². The Balaban J connectivity index is 1.53. The Bertz CT molecular complexity index is 703. The summed E-state index contributed by atoms with van der Waals surface area (Å²) in [6.45, 7) is 5.52. The second-order valence-corrected chi connectivity index (χ2v) is 6.36. The summed E-state index contributed by atoms with van der Waals surface area (Å²) in [5.41, 5.74) is 3.07. The number of anilines is 1. The molecule has 1 aliphatic heterocycles. The van der Waals surface area contributed by atoms with E-state index >= 15 is 0 Å². The third kappa shape index (κ3) is 3.55. The molecule has 3 heterocycles. The van der Waals surface area contributed by atoms with Crippen molar-refractivity contribution in [2.75, 3.05) is 18.4 Å². The van der Waals surface area contributed by atoms with Crippen molar-refractivity contribution in [1.82, 2.24) is 24.9 Å². The van der Waals surface area contributed by atoms with E-state index in [4.69, 9.17) is 0 Å². The van der Waals surface area contributed by atoms with Crippen LogP contribution in [-0.2, 0) is 18.3 Å². The first kappa shape index (κ1) is 16.4. The van der Waals surface area contributed by atoms with Gasteiger partial charge in [0.05, 0.1) is 12.1 Å². The van der Waals surface area contributed by atoms with E-state index in [0.29, 0.717) is 12.5 Å². The molecule has 2 aromatic rings. The maximum atomic E-state index is 12.6. The fourth-order valence-corrected chi connectivity index (χ4v) is 3.20. The molecule has 0 radical (unpaired) electrons. The van der Waals surface area contributed by atoms with Gasteiger partial charge in [-0.25, -0.2) is 0 Å². The average molecular weight is 328 g/mol. The van der Waals surface area contributed by atoms with Crippen LogP contribution < -0.4 is 5.32 Å². The topological polar surface area (TPSA) is 75.9 Å². The largest absolute Gasteiger partial charge is 0.366 e. The number of nitrogens with one attached hydrogen (secondary N) is 1. The van der Waals surface area contributed by atoms with Crippen molar-refractivity contribution in [3.63, 3.8) is 0 Å². The highest BCUT2D eigenvalue weighted by Crippen LogP contribution is 2.18. The highest BCUT2D eigenvalue weighted by molar-refractivity contribution is 5.79. The minimum atomic E-state index is 0.187. The number of amides is 1. The van der Waals surface area contributed by atoms with Gasteiger partial charge < -0.3 is 10.2 Å². The van der Waals surface area contributed by atoms with Gasteiger partial charge in [0.25, 0.3) is 0 Å². The summed E-state index contributed by atoms with van der Waals surface area (Å²) in [5.74, 6) is 0.982. The second-order valence-electron chi connectivity index (χ2n) is 6.36. The van der Waals surface area contributed by atoms with Crippen LogP contribution in [0.15, 0.2) is 18.3 Å². The number of aryl methyl sites for hydroxylation is 2. The minimum Gasteiger partial charge on any atom is -0.366 e. The molecule has 7 heteroatoms. The van der Waals surface area contributed by atoms with Crippen molar-refractivity contribution in [3.05, 3.63) is 35.3 Å². The Morgan fingerprint density at radius 2 is 2.08 bits per heavy atom. The van der Waals surface area contributed by atoms with Crippen LogP contribution in [0, 0.1) is 13.8 Å². The van der Waals surface area contributed by atoms with Crippen LogP contribution in [0.25, 0.3) is 0 Å². The molecular weight excluding hydrogens is 304 g/mol. The van der Waals surface area contributed by atoms with Crippen LogP contribution >= 0.6 is 0 Å². The third-order valence-electron chi connectivity index (χ3n) is 4.76. The molecule has 0 bridgehead atoms. The molecule has 1 amide bonds. The summed E-state index contributed by atoms with van der Waals surface area (Å²) in [5, 5.41) is 15.7. The van der Waals surface area contributed by atoms with Crippen LogP contribution in [0.1, 0.15) is 29.8 Å². The Labute approximate surface area is 142 Å². The first-order valence-electron chi connectivity index (χ1n) is 8.35. The molecule has 0 aromatic carbocycles. The molecule has 128 valence electrons. The summed E-state index contributed by atoms with van der Waals surface area (Å²) in [6.07, 6.45) is 3.95. The Morgan fingerprint density at radius 1 is 1.33 bits per heavy atom. The lowest BCUT2D eigenvalue weighted by atomic mass is 10.0. The monoisotopic (exact) mass is 328 g/mol. The molecule has 24 heavy (non-hydrogen) atoms. The molecule has 1 N–H and O–H groups in total. The zero-order valence-electron chi connectivity index (χ0n) is 14.5. The van der Waals surface area contributed by atoms with Crippen molar-refractivity contribution >= 4 is 11.7 Å². The van der Waals surface area contributed by atoms with Crippen molar-refractivity contribution in [3.8, 4) is 0 Å². The molecular formula is C17H24N6O. The fraction of sp³-hybridized carbons (Fsp3) is 0.529. The summed E-state index contributed by atoms with van der Waals surface area (Å²) in [4.78, 5) is 14.6. The number of rotatable bonds is 4. The van der Waals surface area contributed by atoms with E-state index in [0.717, 1.165) is 48.7 Å². The Hall–Kier alpha value is -2.44. The Kier molecular flexibility index (Phi) is 4.78. The number of hydrogen-bond acceptors (Lipinski definition) is 5. The van der Waals surface area contributed by atoms with Crippen molar-refractivity contribution < 1.29 is 4.79 Å². The summed E-state index contributed by atoms with van der Waals surface area (Å²) < 4.78 is 1.84. The van der Waals surface area contributed by atoms with Gasteiger partial charge in [0.1, 0.15) is 5.82 Å². The maximum absolute atomic E-state index is 12.6. The molecule has 1 saturated heterocycles.